The summed E-state index contributed by atoms with van der Waals surface area (Å²) in [6.45, 7) is 0.180. The molecule has 3 nitrogen and oxygen atoms in total. The number of nitrogens with zero attached hydrogens (tertiary/aromatic N) is 2. The lowest BCUT2D eigenvalue weighted by atomic mass is 10.0. The van der Waals surface area contributed by atoms with E-state index in [0.29, 0.717) is 9.92 Å². The van der Waals surface area contributed by atoms with Crippen LogP contribution in [0.5, 0.6) is 0 Å². The molecule has 0 bridgehead atoms. The molecule has 0 radical (unpaired) electrons. The number of halogens is 3. The zero-order valence-corrected chi connectivity index (χ0v) is 11.2. The lowest BCUT2D eigenvalue weighted by molar-refractivity contribution is -0.138. The highest BCUT2D eigenvalue weighted by atomic mass is 32.2. The summed E-state index contributed by atoms with van der Waals surface area (Å²) in [4.78, 5) is 8.37. The van der Waals surface area contributed by atoms with Crippen LogP contribution >= 0.6 is 11.8 Å². The maximum Gasteiger partial charge on any atom is 0.416 e. The van der Waals surface area contributed by atoms with Crippen LogP contribution < -0.4 is 5.73 Å². The fraction of sp³-hybridized carbons (Fsp3) is 0.231. The molecule has 0 fully saturated rings. The SMILES string of the molecule is NCCc1ccc(Sc2cnccn2)cc1C(F)(F)F. The van der Waals surface area contributed by atoms with Gasteiger partial charge in [-0.3, -0.25) is 4.98 Å². The Bertz CT molecular complexity index is 573. The van der Waals surface area contributed by atoms with Gasteiger partial charge in [-0.1, -0.05) is 17.8 Å². The van der Waals surface area contributed by atoms with Gasteiger partial charge in [0.15, 0.2) is 0 Å². The molecule has 2 N–H and O–H groups in total. The maximum absolute atomic E-state index is 13.0. The van der Waals surface area contributed by atoms with Gasteiger partial charge in [-0.25, -0.2) is 4.98 Å². The molecule has 0 saturated heterocycles. The van der Waals surface area contributed by atoms with Gasteiger partial charge in [-0.2, -0.15) is 13.2 Å². The minimum atomic E-state index is -4.39. The highest BCUT2D eigenvalue weighted by Crippen LogP contribution is 2.36. The third-order valence-corrected chi connectivity index (χ3v) is 3.47. The molecule has 1 aromatic heterocycles. The second-order valence-corrected chi connectivity index (χ2v) is 5.09. The van der Waals surface area contributed by atoms with Crippen LogP contribution in [-0.4, -0.2) is 16.5 Å². The predicted molar refractivity (Wildman–Crippen MR) is 70.4 cm³/mol. The smallest absolute Gasteiger partial charge is 0.330 e. The molecule has 0 aliphatic rings. The van der Waals surface area contributed by atoms with E-state index >= 15 is 0 Å². The number of hydrogen-bond donors (Lipinski definition) is 1. The van der Waals surface area contributed by atoms with Crippen LogP contribution in [0.3, 0.4) is 0 Å². The van der Waals surface area contributed by atoms with Crippen LogP contribution in [0.4, 0.5) is 13.2 Å². The summed E-state index contributed by atoms with van der Waals surface area (Å²) in [6, 6.07) is 4.23. The molecular weight excluding hydrogens is 287 g/mol. The topological polar surface area (TPSA) is 51.8 Å². The Morgan fingerprint density at radius 1 is 1.20 bits per heavy atom. The first-order valence-electron chi connectivity index (χ1n) is 5.85. The van der Waals surface area contributed by atoms with Crippen molar-refractivity contribution in [2.24, 2.45) is 5.73 Å². The highest BCUT2D eigenvalue weighted by Gasteiger charge is 2.33. The fourth-order valence-corrected chi connectivity index (χ4v) is 2.50. The molecule has 2 aromatic rings. The summed E-state index contributed by atoms with van der Waals surface area (Å²) in [5.41, 5.74) is 4.91. The monoisotopic (exact) mass is 299 g/mol. The fourth-order valence-electron chi connectivity index (χ4n) is 1.72. The average molecular weight is 299 g/mol. The number of nitrogens with two attached hydrogens (primary N) is 1. The average Bonchev–Trinajstić information content (AvgIpc) is 2.41. The summed E-state index contributed by atoms with van der Waals surface area (Å²) < 4.78 is 39.0. The van der Waals surface area contributed by atoms with Gasteiger partial charge in [0, 0.05) is 17.3 Å². The second-order valence-electron chi connectivity index (χ2n) is 4.00. The Morgan fingerprint density at radius 2 is 2.00 bits per heavy atom. The molecule has 1 heterocycles. The van der Waals surface area contributed by atoms with E-state index in [-0.39, 0.29) is 18.5 Å². The molecule has 0 atom stereocenters. The quantitative estimate of drug-likeness (QED) is 0.942. The van der Waals surface area contributed by atoms with Gasteiger partial charge in [0.25, 0.3) is 0 Å². The van der Waals surface area contributed by atoms with Gasteiger partial charge in [0.05, 0.1) is 11.8 Å². The third kappa shape index (κ3) is 3.71. The third-order valence-electron chi connectivity index (χ3n) is 2.56. The van der Waals surface area contributed by atoms with Crippen molar-refractivity contribution in [3.63, 3.8) is 0 Å². The van der Waals surface area contributed by atoms with Crippen molar-refractivity contribution < 1.29 is 13.2 Å². The van der Waals surface area contributed by atoms with Crippen molar-refractivity contribution in [1.29, 1.82) is 0 Å². The molecule has 7 heteroatoms. The molecule has 106 valence electrons. The van der Waals surface area contributed by atoms with Crippen LogP contribution in [0.1, 0.15) is 11.1 Å². The zero-order chi connectivity index (χ0) is 14.6. The lowest BCUT2D eigenvalue weighted by Gasteiger charge is -2.13. The second kappa shape index (κ2) is 6.23. The Morgan fingerprint density at radius 3 is 2.60 bits per heavy atom. The molecule has 0 saturated carbocycles. The number of benzene rings is 1. The van der Waals surface area contributed by atoms with E-state index in [4.69, 9.17) is 5.73 Å². The standard InChI is InChI=1S/C13H12F3N3S/c14-13(15,16)11-7-10(2-1-9(11)3-4-17)20-12-8-18-5-6-19-12/h1-2,5-8H,3-4,17H2. The van der Waals surface area contributed by atoms with Crippen LogP contribution in [0.2, 0.25) is 0 Å². The molecule has 0 amide bonds. The van der Waals surface area contributed by atoms with Crippen LogP contribution in [0.15, 0.2) is 46.7 Å². The zero-order valence-electron chi connectivity index (χ0n) is 10.4. The van der Waals surface area contributed by atoms with E-state index in [2.05, 4.69) is 9.97 Å². The molecule has 2 rings (SSSR count). The Kier molecular flexibility index (Phi) is 4.61. The van der Waals surface area contributed by atoms with Crippen molar-refractivity contribution >= 4 is 11.8 Å². The van der Waals surface area contributed by atoms with E-state index < -0.39 is 11.7 Å². The van der Waals surface area contributed by atoms with Crippen molar-refractivity contribution in [3.8, 4) is 0 Å². The summed E-state index contributed by atoms with van der Waals surface area (Å²) in [5.74, 6) is 0. The van der Waals surface area contributed by atoms with Gasteiger partial charge in [0.2, 0.25) is 0 Å². The Labute approximate surface area is 118 Å². The van der Waals surface area contributed by atoms with Crippen LogP contribution in [0.25, 0.3) is 0 Å². The molecule has 1 aromatic carbocycles. The largest absolute Gasteiger partial charge is 0.416 e. The van der Waals surface area contributed by atoms with Gasteiger partial charge >= 0.3 is 6.18 Å². The van der Waals surface area contributed by atoms with Crippen molar-refractivity contribution in [3.05, 3.63) is 47.9 Å². The number of rotatable bonds is 4. The van der Waals surface area contributed by atoms with Crippen LogP contribution in [0, 0.1) is 0 Å². The summed E-state index contributed by atoms with van der Waals surface area (Å²) in [6.07, 6.45) is 0.325. The van der Waals surface area contributed by atoms with Crippen molar-refractivity contribution in [2.45, 2.75) is 22.5 Å². The number of alkyl halides is 3. The van der Waals surface area contributed by atoms with E-state index in [9.17, 15) is 13.2 Å². The molecule has 0 unspecified atom stereocenters. The molecule has 0 aliphatic carbocycles. The molecular formula is C13H12F3N3S. The molecule has 0 aliphatic heterocycles. The van der Waals surface area contributed by atoms with Crippen molar-refractivity contribution in [1.82, 2.24) is 9.97 Å². The summed E-state index contributed by atoms with van der Waals surface area (Å²) in [5, 5.41) is 0.548. The van der Waals surface area contributed by atoms with E-state index in [1.165, 1.54) is 24.7 Å². The van der Waals surface area contributed by atoms with E-state index in [1.54, 1.807) is 6.07 Å². The summed E-state index contributed by atoms with van der Waals surface area (Å²) in [7, 11) is 0. The normalized spacial score (nSPS) is 11.6. The van der Waals surface area contributed by atoms with E-state index in [0.717, 1.165) is 17.8 Å². The highest BCUT2D eigenvalue weighted by molar-refractivity contribution is 7.99. The predicted octanol–water partition coefficient (Wildman–Crippen LogP) is 3.15. The molecule has 20 heavy (non-hydrogen) atoms. The van der Waals surface area contributed by atoms with Crippen molar-refractivity contribution in [2.75, 3.05) is 6.54 Å². The van der Waals surface area contributed by atoms with Gasteiger partial charge in [0.1, 0.15) is 5.03 Å². The molecule has 0 spiro atoms. The van der Waals surface area contributed by atoms with Gasteiger partial charge < -0.3 is 5.73 Å². The first-order chi connectivity index (χ1) is 9.50. The minimum Gasteiger partial charge on any atom is -0.330 e. The Hall–Kier alpha value is -1.60. The van der Waals surface area contributed by atoms with Crippen LogP contribution in [-0.2, 0) is 12.6 Å². The number of hydrogen-bond acceptors (Lipinski definition) is 4. The first kappa shape index (κ1) is 14.8. The van der Waals surface area contributed by atoms with Gasteiger partial charge in [-0.05, 0) is 30.7 Å². The van der Waals surface area contributed by atoms with Gasteiger partial charge in [-0.15, -0.1) is 0 Å². The maximum atomic E-state index is 13.0. The number of aromatic nitrogens is 2. The first-order valence-corrected chi connectivity index (χ1v) is 6.66. The minimum absolute atomic E-state index is 0.180. The Balaban J connectivity index is 2.32. The lowest BCUT2D eigenvalue weighted by Crippen LogP contribution is -2.12. The van der Waals surface area contributed by atoms with E-state index in [1.807, 2.05) is 0 Å². The summed E-state index contributed by atoms with van der Waals surface area (Å²) >= 11 is 1.14.